The minimum absolute atomic E-state index is 0.430. The molecule has 0 aromatic carbocycles. The Morgan fingerprint density at radius 3 is 2.61 bits per heavy atom. The Morgan fingerprint density at radius 1 is 1.39 bits per heavy atom. The van der Waals surface area contributed by atoms with Crippen LogP contribution in [0.3, 0.4) is 0 Å². The summed E-state index contributed by atoms with van der Waals surface area (Å²) in [6, 6.07) is 0. The van der Waals surface area contributed by atoms with Crippen molar-refractivity contribution in [3.8, 4) is 0 Å². The molecule has 6 nitrogen and oxygen atoms in total. The fourth-order valence-corrected chi connectivity index (χ4v) is 3.27. The van der Waals surface area contributed by atoms with Crippen molar-refractivity contribution in [1.29, 1.82) is 0 Å². The largest absolute Gasteiger partial charge is 0.382 e. The maximum atomic E-state index is 12.0. The lowest BCUT2D eigenvalue weighted by Crippen LogP contribution is -2.46. The Kier molecular flexibility index (Phi) is 7.10. The molecular weight excluding hydrogens is 254 g/mol. The second-order valence-corrected chi connectivity index (χ2v) is 6.28. The molecule has 108 valence electrons. The summed E-state index contributed by atoms with van der Waals surface area (Å²) in [6.45, 7) is 5.40. The number of nitrogens with two attached hydrogens (primary N) is 1. The second kappa shape index (κ2) is 8.06. The van der Waals surface area contributed by atoms with Crippen LogP contribution in [0.5, 0.6) is 0 Å². The predicted octanol–water partition coefficient (Wildman–Crippen LogP) is -0.0819. The van der Waals surface area contributed by atoms with Crippen molar-refractivity contribution in [2.75, 3.05) is 39.4 Å². The number of piperidine rings is 1. The van der Waals surface area contributed by atoms with Crippen molar-refractivity contribution in [2.24, 2.45) is 11.7 Å². The molecule has 0 radical (unpaired) electrons. The van der Waals surface area contributed by atoms with E-state index in [9.17, 15) is 8.42 Å². The first-order valence-electron chi connectivity index (χ1n) is 6.62. The second-order valence-electron chi connectivity index (χ2n) is 4.53. The van der Waals surface area contributed by atoms with Gasteiger partial charge in [0.15, 0.2) is 0 Å². The zero-order chi connectivity index (χ0) is 13.4. The maximum absolute atomic E-state index is 12.0. The summed E-state index contributed by atoms with van der Waals surface area (Å²) in [7, 11) is -3.32. The molecule has 1 aliphatic heterocycles. The van der Waals surface area contributed by atoms with E-state index in [1.54, 1.807) is 0 Å². The van der Waals surface area contributed by atoms with Crippen LogP contribution >= 0.6 is 0 Å². The monoisotopic (exact) mass is 279 g/mol. The summed E-state index contributed by atoms with van der Waals surface area (Å²) in [5.74, 6) is 0.467. The predicted molar refractivity (Wildman–Crippen MR) is 71.4 cm³/mol. The van der Waals surface area contributed by atoms with E-state index < -0.39 is 10.2 Å². The molecule has 1 saturated heterocycles. The van der Waals surface area contributed by atoms with Gasteiger partial charge >= 0.3 is 0 Å². The van der Waals surface area contributed by atoms with E-state index >= 15 is 0 Å². The van der Waals surface area contributed by atoms with Gasteiger partial charge in [-0.05, 0) is 38.6 Å². The third kappa shape index (κ3) is 5.19. The molecule has 7 heteroatoms. The van der Waals surface area contributed by atoms with Crippen molar-refractivity contribution >= 4 is 10.2 Å². The zero-order valence-electron chi connectivity index (χ0n) is 11.1. The lowest BCUT2D eigenvalue weighted by molar-refractivity contribution is 0.145. The van der Waals surface area contributed by atoms with Gasteiger partial charge in [0.2, 0.25) is 0 Å². The normalized spacial score (nSPS) is 19.2. The minimum Gasteiger partial charge on any atom is -0.382 e. The van der Waals surface area contributed by atoms with Crippen molar-refractivity contribution < 1.29 is 13.2 Å². The van der Waals surface area contributed by atoms with E-state index in [-0.39, 0.29) is 0 Å². The number of hydrogen-bond donors (Lipinski definition) is 2. The molecule has 0 unspecified atom stereocenters. The number of rotatable bonds is 8. The Balaban J connectivity index is 2.26. The average Bonchev–Trinajstić information content (AvgIpc) is 2.38. The van der Waals surface area contributed by atoms with Gasteiger partial charge in [0.05, 0.1) is 0 Å². The summed E-state index contributed by atoms with van der Waals surface area (Å²) < 4.78 is 33.2. The van der Waals surface area contributed by atoms with E-state index in [1.165, 1.54) is 4.31 Å². The van der Waals surface area contributed by atoms with E-state index in [0.29, 0.717) is 51.7 Å². The quantitative estimate of drug-likeness (QED) is 0.609. The molecule has 0 aromatic rings. The first kappa shape index (κ1) is 15.8. The minimum atomic E-state index is -3.32. The SMILES string of the molecule is CCOCCCNS(=O)(=O)N1CCC(CN)CC1. The van der Waals surface area contributed by atoms with Crippen molar-refractivity contribution in [3.05, 3.63) is 0 Å². The fraction of sp³-hybridized carbons (Fsp3) is 1.00. The van der Waals surface area contributed by atoms with E-state index in [4.69, 9.17) is 10.5 Å². The summed E-state index contributed by atoms with van der Waals surface area (Å²) in [6.07, 6.45) is 2.42. The first-order valence-corrected chi connectivity index (χ1v) is 8.06. The van der Waals surface area contributed by atoms with Gasteiger partial charge in [0.25, 0.3) is 10.2 Å². The van der Waals surface area contributed by atoms with Crippen LogP contribution in [0.4, 0.5) is 0 Å². The van der Waals surface area contributed by atoms with E-state index in [0.717, 1.165) is 12.8 Å². The average molecular weight is 279 g/mol. The molecule has 1 rings (SSSR count). The molecule has 1 aliphatic rings. The van der Waals surface area contributed by atoms with Gasteiger partial charge in [-0.3, -0.25) is 0 Å². The summed E-state index contributed by atoms with van der Waals surface area (Å²) in [5, 5.41) is 0. The van der Waals surface area contributed by atoms with Gasteiger partial charge in [-0.15, -0.1) is 0 Å². The molecule has 1 heterocycles. The van der Waals surface area contributed by atoms with Crippen LogP contribution in [-0.4, -0.2) is 52.1 Å². The van der Waals surface area contributed by atoms with Gasteiger partial charge in [-0.25, -0.2) is 4.72 Å². The Morgan fingerprint density at radius 2 is 2.06 bits per heavy atom. The van der Waals surface area contributed by atoms with Crippen molar-refractivity contribution in [3.63, 3.8) is 0 Å². The summed E-state index contributed by atoms with van der Waals surface area (Å²) in [4.78, 5) is 0. The summed E-state index contributed by atoms with van der Waals surface area (Å²) >= 11 is 0. The Hall–Kier alpha value is -0.210. The van der Waals surface area contributed by atoms with Crippen LogP contribution in [-0.2, 0) is 14.9 Å². The van der Waals surface area contributed by atoms with Gasteiger partial charge in [0.1, 0.15) is 0 Å². The van der Waals surface area contributed by atoms with Crippen LogP contribution in [0.2, 0.25) is 0 Å². The van der Waals surface area contributed by atoms with Gasteiger partial charge in [0, 0.05) is 32.8 Å². The molecule has 0 saturated carbocycles. The van der Waals surface area contributed by atoms with Crippen LogP contribution < -0.4 is 10.5 Å². The number of hydrogen-bond acceptors (Lipinski definition) is 4. The van der Waals surface area contributed by atoms with Crippen molar-refractivity contribution in [2.45, 2.75) is 26.2 Å². The Labute approximate surface area is 110 Å². The fourth-order valence-electron chi connectivity index (χ4n) is 2.00. The van der Waals surface area contributed by atoms with Gasteiger partial charge < -0.3 is 10.5 Å². The highest BCUT2D eigenvalue weighted by Crippen LogP contribution is 2.17. The van der Waals surface area contributed by atoms with Gasteiger partial charge in [-0.1, -0.05) is 0 Å². The molecule has 0 spiro atoms. The summed E-state index contributed by atoms with van der Waals surface area (Å²) in [5.41, 5.74) is 5.59. The van der Waals surface area contributed by atoms with Crippen LogP contribution in [0.25, 0.3) is 0 Å². The van der Waals surface area contributed by atoms with E-state index in [2.05, 4.69) is 4.72 Å². The molecule has 1 fully saturated rings. The van der Waals surface area contributed by atoms with Crippen LogP contribution in [0.1, 0.15) is 26.2 Å². The molecule has 0 bridgehead atoms. The van der Waals surface area contributed by atoms with Gasteiger partial charge in [-0.2, -0.15) is 12.7 Å². The standard InChI is InChI=1S/C11H25N3O3S/c1-2-17-9-3-6-13-18(15,16)14-7-4-11(10-12)5-8-14/h11,13H,2-10,12H2,1H3. The molecule has 18 heavy (non-hydrogen) atoms. The topological polar surface area (TPSA) is 84.7 Å². The zero-order valence-corrected chi connectivity index (χ0v) is 11.9. The maximum Gasteiger partial charge on any atom is 0.279 e. The van der Waals surface area contributed by atoms with Crippen LogP contribution in [0.15, 0.2) is 0 Å². The van der Waals surface area contributed by atoms with Crippen molar-refractivity contribution in [1.82, 2.24) is 9.03 Å². The molecule has 0 atom stereocenters. The molecule has 0 aromatic heterocycles. The van der Waals surface area contributed by atoms with Crippen LogP contribution in [0, 0.1) is 5.92 Å². The molecule has 0 amide bonds. The molecule has 3 N–H and O–H groups in total. The molecule has 0 aliphatic carbocycles. The lowest BCUT2D eigenvalue weighted by atomic mass is 9.99. The Bertz CT molecular complexity index is 313. The first-order chi connectivity index (χ1) is 8.60. The van der Waals surface area contributed by atoms with E-state index in [1.807, 2.05) is 6.92 Å². The number of nitrogens with one attached hydrogen (secondary N) is 1. The number of ether oxygens (including phenoxy) is 1. The smallest absolute Gasteiger partial charge is 0.279 e. The highest BCUT2D eigenvalue weighted by molar-refractivity contribution is 7.87. The lowest BCUT2D eigenvalue weighted by Gasteiger charge is -2.30. The third-order valence-electron chi connectivity index (χ3n) is 3.20. The highest BCUT2D eigenvalue weighted by Gasteiger charge is 2.26. The number of nitrogens with zero attached hydrogens (tertiary/aromatic N) is 1. The highest BCUT2D eigenvalue weighted by atomic mass is 32.2. The molecular formula is C11H25N3O3S. The third-order valence-corrected chi connectivity index (χ3v) is 4.81.